The molecule has 0 aliphatic carbocycles. The number of aromatic nitrogens is 3. The minimum atomic E-state index is -0.394. The van der Waals surface area contributed by atoms with Crippen LogP contribution in [0.15, 0.2) is 72.8 Å². The molecule has 0 bridgehead atoms. The molecule has 0 aliphatic heterocycles. The number of amides is 1. The van der Waals surface area contributed by atoms with Crippen LogP contribution in [0.3, 0.4) is 0 Å². The van der Waals surface area contributed by atoms with Gasteiger partial charge in [0.15, 0.2) is 5.82 Å². The molecule has 3 aromatic carbocycles. The molecular formula is C23H19ClN4O2. The molecule has 0 aliphatic rings. The molecule has 0 atom stereocenters. The van der Waals surface area contributed by atoms with E-state index in [9.17, 15) is 4.79 Å². The number of halogens is 1. The summed E-state index contributed by atoms with van der Waals surface area (Å²) >= 11 is 6.17. The summed E-state index contributed by atoms with van der Waals surface area (Å²) in [7, 11) is 1.61. The number of benzene rings is 3. The van der Waals surface area contributed by atoms with Crippen molar-refractivity contribution in [3.05, 3.63) is 89.2 Å². The fourth-order valence-electron chi connectivity index (χ4n) is 2.95. The molecule has 1 amide bonds. The van der Waals surface area contributed by atoms with Gasteiger partial charge in [0.1, 0.15) is 5.75 Å². The number of hydrogen-bond acceptors (Lipinski definition) is 4. The number of aryl methyl sites for hydroxylation is 1. The van der Waals surface area contributed by atoms with Gasteiger partial charge in [0.05, 0.1) is 12.8 Å². The summed E-state index contributed by atoms with van der Waals surface area (Å²) in [5.41, 5.74) is 3.28. The lowest BCUT2D eigenvalue weighted by molar-refractivity contribution is 0.101. The predicted octanol–water partition coefficient (Wildman–Crippen LogP) is 5.16. The van der Waals surface area contributed by atoms with Crippen LogP contribution in [0.5, 0.6) is 5.75 Å². The zero-order valence-electron chi connectivity index (χ0n) is 16.5. The van der Waals surface area contributed by atoms with Crippen molar-refractivity contribution < 1.29 is 9.53 Å². The molecule has 1 heterocycles. The van der Waals surface area contributed by atoms with Gasteiger partial charge in [0.2, 0.25) is 5.82 Å². The molecule has 0 unspecified atom stereocenters. The van der Waals surface area contributed by atoms with Crippen LogP contribution < -0.4 is 10.1 Å². The Balaban J connectivity index is 1.74. The molecule has 1 N–H and O–H groups in total. The smallest absolute Gasteiger partial charge is 0.295 e. The van der Waals surface area contributed by atoms with Crippen molar-refractivity contribution in [1.29, 1.82) is 0 Å². The highest BCUT2D eigenvalue weighted by atomic mass is 35.5. The lowest BCUT2D eigenvalue weighted by Crippen LogP contribution is -2.14. The fourth-order valence-corrected chi connectivity index (χ4v) is 3.14. The standard InChI is InChI=1S/C23H19ClN4O2/c1-15-6-8-18(9-7-15)25-23(29)21-26-22(16-4-3-5-17(24)14-16)28(27-21)19-10-12-20(30-2)13-11-19/h3-14H,1-2H3,(H,25,29). The second-order valence-corrected chi connectivity index (χ2v) is 7.14. The molecule has 0 saturated heterocycles. The Morgan fingerprint density at radius 1 is 1.03 bits per heavy atom. The highest BCUT2D eigenvalue weighted by Gasteiger charge is 2.19. The number of carbonyl (C=O) groups excluding carboxylic acids is 1. The van der Waals surface area contributed by atoms with Crippen LogP contribution in [0.4, 0.5) is 5.69 Å². The summed E-state index contributed by atoms with van der Waals surface area (Å²) in [4.78, 5) is 17.3. The van der Waals surface area contributed by atoms with E-state index in [1.807, 2.05) is 67.6 Å². The van der Waals surface area contributed by atoms with Gasteiger partial charge in [-0.05, 0) is 55.5 Å². The van der Waals surface area contributed by atoms with Crippen molar-refractivity contribution in [1.82, 2.24) is 14.8 Å². The van der Waals surface area contributed by atoms with Gasteiger partial charge < -0.3 is 10.1 Å². The molecule has 0 spiro atoms. The average molecular weight is 419 g/mol. The number of carbonyl (C=O) groups is 1. The molecule has 0 radical (unpaired) electrons. The van der Waals surface area contributed by atoms with Crippen molar-refractivity contribution in [2.24, 2.45) is 0 Å². The van der Waals surface area contributed by atoms with Gasteiger partial charge in [0.25, 0.3) is 5.91 Å². The maximum atomic E-state index is 12.8. The zero-order chi connectivity index (χ0) is 21.1. The van der Waals surface area contributed by atoms with Crippen LogP contribution in [0.2, 0.25) is 5.02 Å². The van der Waals surface area contributed by atoms with Crippen LogP contribution in [0.1, 0.15) is 16.2 Å². The van der Waals surface area contributed by atoms with Crippen LogP contribution in [0, 0.1) is 6.92 Å². The van der Waals surface area contributed by atoms with Gasteiger partial charge in [0, 0.05) is 16.3 Å². The highest BCUT2D eigenvalue weighted by Crippen LogP contribution is 2.25. The number of nitrogens with one attached hydrogen (secondary N) is 1. The number of anilines is 1. The van der Waals surface area contributed by atoms with E-state index in [0.29, 0.717) is 16.5 Å². The first kappa shape index (κ1) is 19.7. The van der Waals surface area contributed by atoms with E-state index < -0.39 is 5.91 Å². The van der Waals surface area contributed by atoms with Crippen LogP contribution in [-0.2, 0) is 0 Å². The van der Waals surface area contributed by atoms with Crippen LogP contribution in [-0.4, -0.2) is 27.8 Å². The van der Waals surface area contributed by atoms with E-state index in [-0.39, 0.29) is 5.82 Å². The van der Waals surface area contributed by atoms with E-state index in [0.717, 1.165) is 22.6 Å². The second kappa shape index (κ2) is 8.39. The third kappa shape index (κ3) is 4.18. The summed E-state index contributed by atoms with van der Waals surface area (Å²) in [6.45, 7) is 1.99. The van der Waals surface area contributed by atoms with E-state index >= 15 is 0 Å². The van der Waals surface area contributed by atoms with Gasteiger partial charge >= 0.3 is 0 Å². The summed E-state index contributed by atoms with van der Waals surface area (Å²) in [5, 5.41) is 7.87. The predicted molar refractivity (Wildman–Crippen MR) is 117 cm³/mol. The lowest BCUT2D eigenvalue weighted by atomic mass is 10.2. The van der Waals surface area contributed by atoms with Gasteiger partial charge in [-0.15, -0.1) is 5.10 Å². The molecule has 150 valence electrons. The topological polar surface area (TPSA) is 69.0 Å². The summed E-state index contributed by atoms with van der Waals surface area (Å²) in [6.07, 6.45) is 0. The van der Waals surface area contributed by atoms with Gasteiger partial charge in [-0.2, -0.15) is 0 Å². The first-order valence-corrected chi connectivity index (χ1v) is 9.67. The SMILES string of the molecule is COc1ccc(-n2nc(C(=O)Nc3ccc(C)cc3)nc2-c2cccc(Cl)c2)cc1. The Bertz CT molecular complexity index is 1180. The van der Waals surface area contributed by atoms with Crippen LogP contribution >= 0.6 is 11.6 Å². The molecule has 0 saturated carbocycles. The first-order chi connectivity index (χ1) is 14.5. The number of nitrogens with zero attached hydrogens (tertiary/aromatic N) is 3. The van der Waals surface area contributed by atoms with E-state index in [4.69, 9.17) is 16.3 Å². The maximum absolute atomic E-state index is 12.8. The Kier molecular flexibility index (Phi) is 5.50. The van der Waals surface area contributed by atoms with Crippen LogP contribution in [0.25, 0.3) is 17.1 Å². The maximum Gasteiger partial charge on any atom is 0.295 e. The molecule has 4 rings (SSSR count). The van der Waals surface area contributed by atoms with E-state index in [2.05, 4.69) is 15.4 Å². The quantitative estimate of drug-likeness (QED) is 0.486. The molecule has 30 heavy (non-hydrogen) atoms. The highest BCUT2D eigenvalue weighted by molar-refractivity contribution is 6.30. The normalized spacial score (nSPS) is 10.6. The number of methoxy groups -OCH3 is 1. The summed E-state index contributed by atoms with van der Waals surface area (Å²) in [6, 6.07) is 22.2. The fraction of sp³-hybridized carbons (Fsp3) is 0.0870. The molecule has 0 fully saturated rings. The van der Waals surface area contributed by atoms with Crippen molar-refractivity contribution in [3.8, 4) is 22.8 Å². The van der Waals surface area contributed by atoms with Crippen molar-refractivity contribution in [2.45, 2.75) is 6.92 Å². The minimum Gasteiger partial charge on any atom is -0.497 e. The number of rotatable bonds is 5. The molecule has 6 nitrogen and oxygen atoms in total. The number of hydrogen-bond donors (Lipinski definition) is 1. The summed E-state index contributed by atoms with van der Waals surface area (Å²) < 4.78 is 6.85. The Morgan fingerprint density at radius 3 is 2.43 bits per heavy atom. The van der Waals surface area contributed by atoms with Gasteiger partial charge in [-0.3, -0.25) is 4.79 Å². The summed E-state index contributed by atoms with van der Waals surface area (Å²) in [5.74, 6) is 0.896. The Labute approximate surface area is 179 Å². The number of ether oxygens (including phenoxy) is 1. The Morgan fingerprint density at radius 2 is 1.77 bits per heavy atom. The van der Waals surface area contributed by atoms with Crippen molar-refractivity contribution in [2.75, 3.05) is 12.4 Å². The second-order valence-electron chi connectivity index (χ2n) is 6.70. The third-order valence-corrected chi connectivity index (χ3v) is 4.75. The van der Waals surface area contributed by atoms with E-state index in [1.165, 1.54) is 0 Å². The Hall–Kier alpha value is -3.64. The minimum absolute atomic E-state index is 0.0568. The van der Waals surface area contributed by atoms with E-state index in [1.54, 1.807) is 23.9 Å². The third-order valence-electron chi connectivity index (χ3n) is 4.52. The molecule has 4 aromatic rings. The average Bonchev–Trinajstić information content (AvgIpc) is 3.21. The molecular weight excluding hydrogens is 400 g/mol. The largest absolute Gasteiger partial charge is 0.497 e. The van der Waals surface area contributed by atoms with Gasteiger partial charge in [-0.25, -0.2) is 9.67 Å². The van der Waals surface area contributed by atoms with Crippen molar-refractivity contribution >= 4 is 23.2 Å². The monoisotopic (exact) mass is 418 g/mol. The lowest BCUT2D eigenvalue weighted by Gasteiger charge is -2.07. The van der Waals surface area contributed by atoms with Gasteiger partial charge in [-0.1, -0.05) is 41.4 Å². The first-order valence-electron chi connectivity index (χ1n) is 9.29. The molecule has 1 aromatic heterocycles. The van der Waals surface area contributed by atoms with Crippen molar-refractivity contribution in [3.63, 3.8) is 0 Å². The molecule has 7 heteroatoms. The zero-order valence-corrected chi connectivity index (χ0v) is 17.2.